The molecule has 5 heteroatoms. The van der Waals surface area contributed by atoms with Crippen molar-refractivity contribution in [2.45, 2.75) is 39.2 Å². The number of halogens is 2. The lowest BCUT2D eigenvalue weighted by atomic mass is 9.95. The zero-order valence-electron chi connectivity index (χ0n) is 10.3. The standard InChI is InChI=1S/C12H17Br2NOS/c1-4-12(5-2,7-13)15-11(16)9-6-8(3)10(14)17-9/h6H,4-5,7H2,1-3H3,(H,15,16). The summed E-state index contributed by atoms with van der Waals surface area (Å²) in [4.78, 5) is 12.9. The maximum atomic E-state index is 12.2. The van der Waals surface area contributed by atoms with E-state index in [-0.39, 0.29) is 11.4 Å². The van der Waals surface area contributed by atoms with Gasteiger partial charge in [-0.2, -0.15) is 0 Å². The molecular weight excluding hydrogens is 366 g/mol. The zero-order chi connectivity index (χ0) is 13.1. The van der Waals surface area contributed by atoms with Crippen molar-refractivity contribution in [1.82, 2.24) is 5.32 Å². The Balaban J connectivity index is 2.84. The average molecular weight is 383 g/mol. The van der Waals surface area contributed by atoms with Crippen LogP contribution < -0.4 is 5.32 Å². The lowest BCUT2D eigenvalue weighted by molar-refractivity contribution is 0.0908. The number of aryl methyl sites for hydroxylation is 1. The van der Waals surface area contributed by atoms with E-state index in [1.54, 1.807) is 0 Å². The highest BCUT2D eigenvalue weighted by Crippen LogP contribution is 2.28. The van der Waals surface area contributed by atoms with Gasteiger partial charge >= 0.3 is 0 Å². The molecule has 0 aliphatic heterocycles. The fourth-order valence-electron chi connectivity index (χ4n) is 1.52. The molecule has 1 aromatic rings. The fraction of sp³-hybridized carbons (Fsp3) is 0.583. The van der Waals surface area contributed by atoms with Crippen LogP contribution in [0.1, 0.15) is 41.9 Å². The second-order valence-electron chi connectivity index (χ2n) is 4.14. The normalized spacial score (nSPS) is 11.6. The molecule has 0 saturated carbocycles. The fourth-order valence-corrected chi connectivity index (χ4v) is 3.89. The number of hydrogen-bond donors (Lipinski definition) is 1. The summed E-state index contributed by atoms with van der Waals surface area (Å²) in [7, 11) is 0. The summed E-state index contributed by atoms with van der Waals surface area (Å²) in [5, 5.41) is 3.92. The maximum absolute atomic E-state index is 12.2. The number of hydrogen-bond acceptors (Lipinski definition) is 2. The Morgan fingerprint density at radius 3 is 2.41 bits per heavy atom. The number of rotatable bonds is 5. The molecule has 1 rings (SSSR count). The number of carbonyl (C=O) groups is 1. The SMILES string of the molecule is CCC(CC)(CBr)NC(=O)c1cc(C)c(Br)s1. The van der Waals surface area contributed by atoms with Gasteiger partial charge in [0.1, 0.15) is 0 Å². The van der Waals surface area contributed by atoms with Gasteiger partial charge < -0.3 is 5.32 Å². The first-order valence-corrected chi connectivity index (χ1v) is 8.35. The van der Waals surface area contributed by atoms with Crippen LogP contribution in [0.15, 0.2) is 9.85 Å². The van der Waals surface area contributed by atoms with Crippen molar-refractivity contribution in [2.24, 2.45) is 0 Å². The predicted octanol–water partition coefficient (Wildman–Crippen LogP) is 4.50. The number of thiophene rings is 1. The van der Waals surface area contributed by atoms with Gasteiger partial charge in [0.25, 0.3) is 5.91 Å². The smallest absolute Gasteiger partial charge is 0.261 e. The summed E-state index contributed by atoms with van der Waals surface area (Å²) in [6.45, 7) is 6.19. The predicted molar refractivity (Wildman–Crippen MR) is 81.3 cm³/mol. The van der Waals surface area contributed by atoms with Crippen molar-refractivity contribution in [1.29, 1.82) is 0 Å². The molecule has 2 nitrogen and oxygen atoms in total. The molecule has 1 aromatic heterocycles. The molecule has 0 unspecified atom stereocenters. The van der Waals surface area contributed by atoms with Crippen LogP contribution in [0, 0.1) is 6.92 Å². The molecule has 96 valence electrons. The third kappa shape index (κ3) is 3.55. The Labute approximate surface area is 123 Å². The molecule has 1 amide bonds. The Hall–Kier alpha value is 0.130. The molecule has 0 radical (unpaired) electrons. The molecule has 1 heterocycles. The first-order chi connectivity index (χ1) is 7.98. The highest BCUT2D eigenvalue weighted by Gasteiger charge is 2.27. The van der Waals surface area contributed by atoms with Crippen LogP contribution in [0.25, 0.3) is 0 Å². The van der Waals surface area contributed by atoms with Crippen molar-refractivity contribution < 1.29 is 4.79 Å². The zero-order valence-corrected chi connectivity index (χ0v) is 14.3. The number of amides is 1. The first-order valence-electron chi connectivity index (χ1n) is 5.62. The van der Waals surface area contributed by atoms with Gasteiger partial charge in [0.05, 0.1) is 8.66 Å². The van der Waals surface area contributed by atoms with E-state index in [0.29, 0.717) is 0 Å². The van der Waals surface area contributed by atoms with Crippen molar-refractivity contribution in [3.63, 3.8) is 0 Å². The van der Waals surface area contributed by atoms with Crippen LogP contribution in [0.3, 0.4) is 0 Å². The van der Waals surface area contributed by atoms with E-state index in [2.05, 4.69) is 51.0 Å². The Morgan fingerprint density at radius 2 is 2.06 bits per heavy atom. The summed E-state index contributed by atoms with van der Waals surface area (Å²) < 4.78 is 1.03. The number of nitrogens with one attached hydrogen (secondary N) is 1. The van der Waals surface area contributed by atoms with Crippen LogP contribution in [-0.2, 0) is 0 Å². The van der Waals surface area contributed by atoms with Crippen LogP contribution in [0.2, 0.25) is 0 Å². The van der Waals surface area contributed by atoms with Gasteiger partial charge in [-0.25, -0.2) is 0 Å². The molecule has 0 saturated heterocycles. The van der Waals surface area contributed by atoms with E-state index < -0.39 is 0 Å². The molecular formula is C12H17Br2NOS. The highest BCUT2D eigenvalue weighted by atomic mass is 79.9. The van der Waals surface area contributed by atoms with Gasteiger partial charge in [0, 0.05) is 10.9 Å². The third-order valence-electron chi connectivity index (χ3n) is 3.07. The summed E-state index contributed by atoms with van der Waals surface area (Å²) in [5.41, 5.74) is 0.971. The molecule has 0 aliphatic rings. The van der Waals surface area contributed by atoms with E-state index in [9.17, 15) is 4.79 Å². The maximum Gasteiger partial charge on any atom is 0.261 e. The molecule has 0 fully saturated rings. The number of carbonyl (C=O) groups excluding carboxylic acids is 1. The van der Waals surface area contributed by atoms with Gasteiger partial charge in [-0.05, 0) is 47.3 Å². The minimum absolute atomic E-state index is 0.0203. The Bertz CT molecular complexity index is 371. The third-order valence-corrected chi connectivity index (χ3v) is 6.28. The van der Waals surface area contributed by atoms with Crippen LogP contribution in [-0.4, -0.2) is 16.8 Å². The van der Waals surface area contributed by atoms with Gasteiger partial charge in [-0.3, -0.25) is 4.79 Å². The van der Waals surface area contributed by atoms with Crippen LogP contribution in [0.5, 0.6) is 0 Å². The Morgan fingerprint density at radius 1 is 1.47 bits per heavy atom. The lowest BCUT2D eigenvalue weighted by Gasteiger charge is -2.30. The van der Waals surface area contributed by atoms with Gasteiger partial charge in [0.2, 0.25) is 0 Å². The summed E-state index contributed by atoms with van der Waals surface area (Å²) in [6.07, 6.45) is 1.85. The van der Waals surface area contributed by atoms with Crippen molar-refractivity contribution >= 4 is 49.1 Å². The summed E-state index contributed by atoms with van der Waals surface area (Å²) >= 11 is 8.42. The van der Waals surface area contributed by atoms with Crippen LogP contribution in [0.4, 0.5) is 0 Å². The van der Waals surface area contributed by atoms with E-state index >= 15 is 0 Å². The second-order valence-corrected chi connectivity index (χ2v) is 7.07. The minimum atomic E-state index is -0.137. The quantitative estimate of drug-likeness (QED) is 0.746. The largest absolute Gasteiger partial charge is 0.345 e. The second kappa shape index (κ2) is 6.34. The van der Waals surface area contributed by atoms with E-state index in [0.717, 1.165) is 32.4 Å². The van der Waals surface area contributed by atoms with Gasteiger partial charge in [0.15, 0.2) is 0 Å². The molecule has 0 aliphatic carbocycles. The van der Waals surface area contributed by atoms with Gasteiger partial charge in [-0.1, -0.05) is 29.8 Å². The molecule has 0 spiro atoms. The topological polar surface area (TPSA) is 29.1 Å². The lowest BCUT2D eigenvalue weighted by Crippen LogP contribution is -2.48. The minimum Gasteiger partial charge on any atom is -0.345 e. The highest BCUT2D eigenvalue weighted by molar-refractivity contribution is 9.11. The van der Waals surface area contributed by atoms with Crippen molar-refractivity contribution in [2.75, 3.05) is 5.33 Å². The van der Waals surface area contributed by atoms with Crippen LogP contribution >= 0.6 is 43.2 Å². The monoisotopic (exact) mass is 381 g/mol. The van der Waals surface area contributed by atoms with Gasteiger partial charge in [-0.15, -0.1) is 11.3 Å². The van der Waals surface area contributed by atoms with E-state index in [1.165, 1.54) is 11.3 Å². The summed E-state index contributed by atoms with van der Waals surface area (Å²) in [6, 6.07) is 1.92. The molecule has 0 bridgehead atoms. The first kappa shape index (κ1) is 15.2. The molecule has 1 N–H and O–H groups in total. The van der Waals surface area contributed by atoms with Crippen molar-refractivity contribution in [3.05, 3.63) is 20.3 Å². The molecule has 0 atom stereocenters. The molecule has 17 heavy (non-hydrogen) atoms. The Kier molecular flexibility index (Phi) is 5.67. The summed E-state index contributed by atoms with van der Waals surface area (Å²) in [5.74, 6) is 0.0203. The van der Waals surface area contributed by atoms with Crippen molar-refractivity contribution in [3.8, 4) is 0 Å². The number of alkyl halides is 1. The molecule has 0 aromatic carbocycles. The van der Waals surface area contributed by atoms with E-state index in [4.69, 9.17) is 0 Å². The average Bonchev–Trinajstić information content (AvgIpc) is 2.67. The van der Waals surface area contributed by atoms with E-state index in [1.807, 2.05) is 13.0 Å².